The summed E-state index contributed by atoms with van der Waals surface area (Å²) in [5, 5.41) is 8.66. The number of esters is 1. The minimum absolute atomic E-state index is 0.0931. The summed E-state index contributed by atoms with van der Waals surface area (Å²) in [6.45, 7) is 1.99. The van der Waals surface area contributed by atoms with Gasteiger partial charge in [-0.1, -0.05) is 12.1 Å². The molecule has 0 saturated carbocycles. The lowest BCUT2D eigenvalue weighted by atomic mass is 10.1. The first-order valence-electron chi connectivity index (χ1n) is 5.39. The van der Waals surface area contributed by atoms with Gasteiger partial charge < -0.3 is 9.84 Å². The van der Waals surface area contributed by atoms with Crippen LogP contribution in [0.25, 0.3) is 0 Å². The molecule has 1 aromatic rings. The molecule has 17 heavy (non-hydrogen) atoms. The molecule has 1 rings (SSSR count). The van der Waals surface area contributed by atoms with Crippen LogP contribution < -0.4 is 0 Å². The molecule has 0 saturated heterocycles. The number of rotatable bonds is 6. The zero-order valence-corrected chi connectivity index (χ0v) is 10.5. The molecule has 0 aliphatic heterocycles. The highest BCUT2D eigenvalue weighted by Crippen LogP contribution is 2.09. The van der Waals surface area contributed by atoms with Crippen LogP contribution in [0.2, 0.25) is 0 Å². The minimum atomic E-state index is -1.10. The van der Waals surface area contributed by atoms with Crippen molar-refractivity contribution in [1.82, 2.24) is 0 Å². The van der Waals surface area contributed by atoms with Gasteiger partial charge in [0.05, 0.1) is 18.8 Å². The van der Waals surface area contributed by atoms with Gasteiger partial charge in [-0.2, -0.15) is 0 Å². The monoisotopic (exact) mass is 256 g/mol. The maximum Gasteiger partial charge on any atom is 0.338 e. The van der Waals surface area contributed by atoms with E-state index in [1.165, 1.54) is 0 Å². The fourth-order valence-corrected chi connectivity index (χ4v) is 2.26. The van der Waals surface area contributed by atoms with Crippen LogP contribution in [0, 0.1) is 0 Å². The number of carbonyl (C=O) groups is 1. The third kappa shape index (κ3) is 4.66. The van der Waals surface area contributed by atoms with Crippen molar-refractivity contribution in [2.45, 2.75) is 12.7 Å². The molecule has 0 fully saturated rings. The number of aliphatic hydroxyl groups is 1. The van der Waals surface area contributed by atoms with E-state index in [1.807, 2.05) is 0 Å². The smallest absolute Gasteiger partial charge is 0.338 e. The first-order valence-corrected chi connectivity index (χ1v) is 6.88. The second-order valence-electron chi connectivity index (χ2n) is 3.43. The number of benzene rings is 1. The van der Waals surface area contributed by atoms with E-state index in [0.717, 1.165) is 5.56 Å². The van der Waals surface area contributed by atoms with E-state index in [4.69, 9.17) is 9.84 Å². The Kier molecular flexibility index (Phi) is 5.86. The SMILES string of the molecule is CCOC(=O)c1cccc(CS(=O)CCO)c1. The van der Waals surface area contributed by atoms with Crippen LogP contribution in [-0.4, -0.2) is 34.3 Å². The van der Waals surface area contributed by atoms with Crippen LogP contribution in [0.3, 0.4) is 0 Å². The average Bonchev–Trinajstić information content (AvgIpc) is 2.30. The molecule has 1 atom stereocenters. The second kappa shape index (κ2) is 7.19. The predicted molar refractivity (Wildman–Crippen MR) is 66.2 cm³/mol. The fourth-order valence-electron chi connectivity index (χ4n) is 1.36. The van der Waals surface area contributed by atoms with Gasteiger partial charge in [0.2, 0.25) is 0 Å². The molecular formula is C12H16O4S. The lowest BCUT2D eigenvalue weighted by Gasteiger charge is -2.04. The van der Waals surface area contributed by atoms with Crippen molar-refractivity contribution in [3.8, 4) is 0 Å². The van der Waals surface area contributed by atoms with Gasteiger partial charge in [-0.05, 0) is 24.6 Å². The van der Waals surface area contributed by atoms with Gasteiger partial charge in [0.15, 0.2) is 0 Å². The molecule has 4 nitrogen and oxygen atoms in total. The quantitative estimate of drug-likeness (QED) is 0.774. The largest absolute Gasteiger partial charge is 0.462 e. The van der Waals surface area contributed by atoms with Crippen molar-refractivity contribution in [2.75, 3.05) is 19.0 Å². The molecule has 1 aromatic carbocycles. The molecule has 0 heterocycles. The van der Waals surface area contributed by atoms with Crippen LogP contribution in [0.1, 0.15) is 22.8 Å². The Morgan fingerprint density at radius 2 is 2.24 bits per heavy atom. The van der Waals surface area contributed by atoms with Crippen LogP contribution >= 0.6 is 0 Å². The van der Waals surface area contributed by atoms with Crippen LogP contribution in [0.5, 0.6) is 0 Å². The third-order valence-electron chi connectivity index (χ3n) is 2.08. The number of hydrogen-bond acceptors (Lipinski definition) is 4. The summed E-state index contributed by atoms with van der Waals surface area (Å²) >= 11 is 0. The second-order valence-corrected chi connectivity index (χ2v) is 5.01. The van der Waals surface area contributed by atoms with Crippen molar-refractivity contribution in [3.63, 3.8) is 0 Å². The number of carbonyl (C=O) groups excluding carboxylic acids is 1. The van der Waals surface area contributed by atoms with E-state index in [0.29, 0.717) is 17.9 Å². The summed E-state index contributed by atoms with van der Waals surface area (Å²) in [6.07, 6.45) is 0. The van der Waals surface area contributed by atoms with Crippen molar-refractivity contribution in [2.24, 2.45) is 0 Å². The minimum Gasteiger partial charge on any atom is -0.462 e. The molecule has 0 aliphatic rings. The van der Waals surface area contributed by atoms with Gasteiger partial charge in [0.1, 0.15) is 0 Å². The van der Waals surface area contributed by atoms with Crippen LogP contribution in [0.15, 0.2) is 24.3 Å². The van der Waals surface area contributed by atoms with E-state index >= 15 is 0 Å². The first-order chi connectivity index (χ1) is 8.17. The molecular weight excluding hydrogens is 240 g/mol. The zero-order chi connectivity index (χ0) is 12.7. The molecule has 0 aromatic heterocycles. The number of ether oxygens (including phenoxy) is 1. The predicted octanol–water partition coefficient (Wildman–Crippen LogP) is 1.10. The normalized spacial score (nSPS) is 12.1. The Balaban J connectivity index is 2.72. The highest BCUT2D eigenvalue weighted by atomic mass is 32.2. The van der Waals surface area contributed by atoms with Gasteiger partial charge in [0, 0.05) is 22.3 Å². The van der Waals surface area contributed by atoms with Crippen molar-refractivity contribution in [1.29, 1.82) is 0 Å². The molecule has 1 N–H and O–H groups in total. The maximum absolute atomic E-state index is 11.5. The molecule has 1 unspecified atom stereocenters. The Bertz CT molecular complexity index is 403. The fraction of sp³-hybridized carbons (Fsp3) is 0.417. The molecule has 0 radical (unpaired) electrons. The molecule has 0 spiro atoms. The molecule has 94 valence electrons. The Labute approximate surface area is 103 Å². The lowest BCUT2D eigenvalue weighted by molar-refractivity contribution is 0.0526. The molecule has 0 aliphatic carbocycles. The van der Waals surface area contributed by atoms with E-state index < -0.39 is 10.8 Å². The van der Waals surface area contributed by atoms with Gasteiger partial charge >= 0.3 is 5.97 Å². The highest BCUT2D eigenvalue weighted by molar-refractivity contribution is 7.84. The molecule has 0 bridgehead atoms. The van der Waals surface area contributed by atoms with E-state index in [1.54, 1.807) is 31.2 Å². The van der Waals surface area contributed by atoms with E-state index in [9.17, 15) is 9.00 Å². The standard InChI is InChI=1S/C12H16O4S/c1-2-16-12(14)11-5-3-4-10(8-11)9-17(15)7-6-13/h3-5,8,13H,2,6-7,9H2,1H3. The summed E-state index contributed by atoms with van der Waals surface area (Å²) < 4.78 is 16.3. The summed E-state index contributed by atoms with van der Waals surface area (Å²) in [4.78, 5) is 11.5. The van der Waals surface area contributed by atoms with Gasteiger partial charge in [0.25, 0.3) is 0 Å². The zero-order valence-electron chi connectivity index (χ0n) is 9.72. The van der Waals surface area contributed by atoms with Crippen LogP contribution in [0.4, 0.5) is 0 Å². The van der Waals surface area contributed by atoms with Crippen LogP contribution in [-0.2, 0) is 21.3 Å². The van der Waals surface area contributed by atoms with Crippen molar-refractivity contribution in [3.05, 3.63) is 35.4 Å². The van der Waals surface area contributed by atoms with E-state index in [-0.39, 0.29) is 18.3 Å². The Hall–Kier alpha value is -1.20. The Morgan fingerprint density at radius 3 is 2.88 bits per heavy atom. The number of aliphatic hydroxyl groups excluding tert-OH is 1. The topological polar surface area (TPSA) is 63.6 Å². The highest BCUT2D eigenvalue weighted by Gasteiger charge is 2.08. The first kappa shape index (κ1) is 13.9. The molecule has 0 amide bonds. The summed E-state index contributed by atoms with van der Waals surface area (Å²) in [5.74, 6) is 0.222. The average molecular weight is 256 g/mol. The maximum atomic E-state index is 11.5. The molecule has 5 heteroatoms. The summed E-state index contributed by atoms with van der Waals surface area (Å²) in [5.41, 5.74) is 1.27. The summed E-state index contributed by atoms with van der Waals surface area (Å²) in [7, 11) is -1.10. The van der Waals surface area contributed by atoms with Crippen molar-refractivity contribution < 1.29 is 18.8 Å². The van der Waals surface area contributed by atoms with E-state index in [2.05, 4.69) is 0 Å². The Morgan fingerprint density at radius 1 is 1.47 bits per heavy atom. The van der Waals surface area contributed by atoms with Gasteiger partial charge in [-0.15, -0.1) is 0 Å². The van der Waals surface area contributed by atoms with Crippen molar-refractivity contribution >= 4 is 16.8 Å². The third-order valence-corrected chi connectivity index (χ3v) is 3.38. The number of hydrogen-bond donors (Lipinski definition) is 1. The summed E-state index contributed by atoms with van der Waals surface area (Å²) in [6, 6.07) is 6.87. The lowest BCUT2D eigenvalue weighted by Crippen LogP contribution is -2.07. The van der Waals surface area contributed by atoms with Gasteiger partial charge in [-0.3, -0.25) is 4.21 Å². The van der Waals surface area contributed by atoms with Gasteiger partial charge in [-0.25, -0.2) is 4.79 Å².